The summed E-state index contributed by atoms with van der Waals surface area (Å²) in [7, 11) is 4.51. The van der Waals surface area contributed by atoms with Crippen molar-refractivity contribution in [3.63, 3.8) is 0 Å². The van der Waals surface area contributed by atoms with Gasteiger partial charge in [0, 0.05) is 22.8 Å². The van der Waals surface area contributed by atoms with Gasteiger partial charge >= 0.3 is 0 Å². The van der Waals surface area contributed by atoms with Crippen molar-refractivity contribution in [2.45, 2.75) is 0 Å². The Morgan fingerprint density at radius 2 is 1.69 bits per heavy atom. The van der Waals surface area contributed by atoms with Crippen molar-refractivity contribution in [2.24, 2.45) is 0 Å². The van der Waals surface area contributed by atoms with Gasteiger partial charge in [-0.15, -0.1) is 11.3 Å². The van der Waals surface area contributed by atoms with Gasteiger partial charge in [0.1, 0.15) is 5.01 Å². The van der Waals surface area contributed by atoms with E-state index in [-0.39, 0.29) is 5.91 Å². The molecule has 7 heteroatoms. The molecule has 0 aliphatic rings. The minimum atomic E-state index is -0.301. The summed E-state index contributed by atoms with van der Waals surface area (Å²) in [5.41, 5.74) is 2.03. The topological polar surface area (TPSA) is 69.7 Å². The van der Waals surface area contributed by atoms with Gasteiger partial charge in [-0.2, -0.15) is 0 Å². The lowest BCUT2D eigenvalue weighted by Crippen LogP contribution is -2.14. The van der Waals surface area contributed by atoms with Crippen molar-refractivity contribution in [3.05, 3.63) is 53.5 Å². The molecule has 1 amide bonds. The van der Waals surface area contributed by atoms with Crippen LogP contribution in [0.15, 0.2) is 48.0 Å². The van der Waals surface area contributed by atoms with Crippen molar-refractivity contribution in [1.82, 2.24) is 4.98 Å². The standard InChI is InChI=1S/C19H18N2O4S/c1-23-15-9-8-14(16(24-2)17(15)25-3)18(22)21-13-6-4-12(5-7-13)19-20-10-11-26-19/h4-11H,1-3H3,(H,21,22). The number of rotatable bonds is 6. The Hall–Kier alpha value is -3.06. The van der Waals surface area contributed by atoms with Gasteiger partial charge in [0.15, 0.2) is 11.5 Å². The summed E-state index contributed by atoms with van der Waals surface area (Å²) >= 11 is 1.56. The molecule has 0 spiro atoms. The molecule has 1 heterocycles. The summed E-state index contributed by atoms with van der Waals surface area (Å²) in [5.74, 6) is 0.893. The number of thiazole rings is 1. The van der Waals surface area contributed by atoms with Crippen LogP contribution in [0.4, 0.5) is 5.69 Å². The van der Waals surface area contributed by atoms with E-state index in [0.29, 0.717) is 28.5 Å². The van der Waals surface area contributed by atoms with Gasteiger partial charge in [0.2, 0.25) is 5.75 Å². The number of anilines is 1. The lowest BCUT2D eigenvalue weighted by Gasteiger charge is -2.15. The van der Waals surface area contributed by atoms with Gasteiger partial charge in [-0.05, 0) is 36.4 Å². The van der Waals surface area contributed by atoms with Crippen molar-refractivity contribution < 1.29 is 19.0 Å². The first-order chi connectivity index (χ1) is 12.7. The van der Waals surface area contributed by atoms with Crippen LogP contribution in [0, 0.1) is 0 Å². The van der Waals surface area contributed by atoms with E-state index >= 15 is 0 Å². The molecule has 0 fully saturated rings. The van der Waals surface area contributed by atoms with Crippen LogP contribution < -0.4 is 19.5 Å². The number of methoxy groups -OCH3 is 3. The number of amides is 1. The molecule has 3 aromatic rings. The number of ether oxygens (including phenoxy) is 3. The molecule has 0 atom stereocenters. The number of carbonyl (C=O) groups excluding carboxylic acids is 1. The van der Waals surface area contributed by atoms with Crippen LogP contribution in [0.3, 0.4) is 0 Å². The monoisotopic (exact) mass is 370 g/mol. The maximum absolute atomic E-state index is 12.7. The van der Waals surface area contributed by atoms with Crippen molar-refractivity contribution in [3.8, 4) is 27.8 Å². The smallest absolute Gasteiger partial charge is 0.259 e. The highest BCUT2D eigenvalue weighted by Gasteiger charge is 2.20. The average Bonchev–Trinajstić information content (AvgIpc) is 3.21. The Bertz CT molecular complexity index is 893. The van der Waals surface area contributed by atoms with Crippen LogP contribution in [-0.2, 0) is 0 Å². The molecule has 0 radical (unpaired) electrons. The third-order valence-electron chi connectivity index (χ3n) is 3.77. The Morgan fingerprint density at radius 1 is 0.962 bits per heavy atom. The number of benzene rings is 2. The number of aromatic nitrogens is 1. The van der Waals surface area contributed by atoms with Gasteiger partial charge in [0.05, 0.1) is 26.9 Å². The van der Waals surface area contributed by atoms with Crippen molar-refractivity contribution in [2.75, 3.05) is 26.6 Å². The minimum Gasteiger partial charge on any atom is -0.493 e. The first kappa shape index (κ1) is 17.8. The second-order valence-corrected chi connectivity index (χ2v) is 6.15. The number of nitrogens with one attached hydrogen (secondary N) is 1. The molecular formula is C19H18N2O4S. The van der Waals surface area contributed by atoms with Crippen LogP contribution in [-0.4, -0.2) is 32.2 Å². The largest absolute Gasteiger partial charge is 0.493 e. The molecular weight excluding hydrogens is 352 g/mol. The number of hydrogen-bond donors (Lipinski definition) is 1. The highest BCUT2D eigenvalue weighted by molar-refractivity contribution is 7.13. The second-order valence-electron chi connectivity index (χ2n) is 5.25. The molecule has 26 heavy (non-hydrogen) atoms. The fraction of sp³-hybridized carbons (Fsp3) is 0.158. The molecule has 3 rings (SSSR count). The van der Waals surface area contributed by atoms with E-state index in [2.05, 4.69) is 10.3 Å². The first-order valence-corrected chi connectivity index (χ1v) is 8.66. The lowest BCUT2D eigenvalue weighted by atomic mass is 10.1. The third kappa shape index (κ3) is 3.48. The molecule has 0 saturated carbocycles. The molecule has 0 saturated heterocycles. The highest BCUT2D eigenvalue weighted by Crippen LogP contribution is 2.40. The SMILES string of the molecule is COc1ccc(C(=O)Nc2ccc(-c3nccs3)cc2)c(OC)c1OC. The Morgan fingerprint density at radius 3 is 2.27 bits per heavy atom. The molecule has 0 aliphatic heterocycles. The predicted molar refractivity (Wildman–Crippen MR) is 102 cm³/mol. The number of nitrogens with zero attached hydrogens (tertiary/aromatic N) is 1. The molecule has 0 unspecified atom stereocenters. The zero-order valence-electron chi connectivity index (χ0n) is 14.6. The third-order valence-corrected chi connectivity index (χ3v) is 4.59. The molecule has 1 aromatic heterocycles. The molecule has 0 aliphatic carbocycles. The Balaban J connectivity index is 1.84. The summed E-state index contributed by atoms with van der Waals surface area (Å²) in [4.78, 5) is 16.9. The Kier molecular flexibility index (Phi) is 5.38. The number of hydrogen-bond acceptors (Lipinski definition) is 6. The van der Waals surface area contributed by atoms with Gasteiger partial charge in [0.25, 0.3) is 5.91 Å². The molecule has 0 bridgehead atoms. The van der Waals surface area contributed by atoms with E-state index in [1.165, 1.54) is 21.3 Å². The quantitative estimate of drug-likeness (QED) is 0.708. The van der Waals surface area contributed by atoms with E-state index in [9.17, 15) is 4.79 Å². The summed E-state index contributed by atoms with van der Waals surface area (Å²) < 4.78 is 15.9. The highest BCUT2D eigenvalue weighted by atomic mass is 32.1. The van der Waals surface area contributed by atoms with Gasteiger partial charge in [-0.25, -0.2) is 4.98 Å². The van der Waals surface area contributed by atoms with Crippen LogP contribution in [0.5, 0.6) is 17.2 Å². The van der Waals surface area contributed by atoms with Crippen LogP contribution in [0.25, 0.3) is 10.6 Å². The van der Waals surface area contributed by atoms with Gasteiger partial charge in [-0.3, -0.25) is 4.79 Å². The molecule has 2 aromatic carbocycles. The summed E-state index contributed by atoms with van der Waals surface area (Å²) in [6.45, 7) is 0. The van der Waals surface area contributed by atoms with E-state index in [4.69, 9.17) is 14.2 Å². The number of carbonyl (C=O) groups is 1. The van der Waals surface area contributed by atoms with Gasteiger partial charge < -0.3 is 19.5 Å². The predicted octanol–water partition coefficient (Wildman–Crippen LogP) is 4.09. The summed E-state index contributed by atoms with van der Waals surface area (Å²) in [5, 5.41) is 5.72. The maximum Gasteiger partial charge on any atom is 0.259 e. The van der Waals surface area contributed by atoms with Crippen LogP contribution in [0.2, 0.25) is 0 Å². The Labute approximate surface area is 155 Å². The second kappa shape index (κ2) is 7.88. The van der Waals surface area contributed by atoms with Crippen molar-refractivity contribution >= 4 is 22.9 Å². The van der Waals surface area contributed by atoms with E-state index in [1.807, 2.05) is 29.6 Å². The molecule has 1 N–H and O–H groups in total. The zero-order chi connectivity index (χ0) is 18.5. The normalized spacial score (nSPS) is 10.3. The zero-order valence-corrected chi connectivity index (χ0v) is 15.4. The molecule has 6 nitrogen and oxygen atoms in total. The van der Waals surface area contributed by atoms with Crippen LogP contribution in [0.1, 0.15) is 10.4 Å². The van der Waals surface area contributed by atoms with E-state index in [1.54, 1.807) is 29.7 Å². The van der Waals surface area contributed by atoms with E-state index < -0.39 is 0 Å². The van der Waals surface area contributed by atoms with Crippen molar-refractivity contribution in [1.29, 1.82) is 0 Å². The maximum atomic E-state index is 12.7. The lowest BCUT2D eigenvalue weighted by molar-refractivity contribution is 0.102. The average molecular weight is 370 g/mol. The fourth-order valence-electron chi connectivity index (χ4n) is 2.54. The minimum absolute atomic E-state index is 0.301. The summed E-state index contributed by atoms with van der Waals surface area (Å²) in [6, 6.07) is 10.8. The fourth-order valence-corrected chi connectivity index (χ4v) is 3.19. The molecule has 134 valence electrons. The first-order valence-electron chi connectivity index (χ1n) is 7.78. The van der Waals surface area contributed by atoms with Gasteiger partial charge in [-0.1, -0.05) is 0 Å². The van der Waals surface area contributed by atoms with E-state index in [0.717, 1.165) is 10.6 Å². The van der Waals surface area contributed by atoms with Crippen LogP contribution >= 0.6 is 11.3 Å². The summed E-state index contributed by atoms with van der Waals surface area (Å²) in [6.07, 6.45) is 1.76.